The van der Waals surface area contributed by atoms with Gasteiger partial charge in [0.15, 0.2) is 0 Å². The minimum Gasteiger partial charge on any atom is -0.310 e. The number of thiophene rings is 2. The van der Waals surface area contributed by atoms with Crippen LogP contribution >= 0.6 is 22.7 Å². The van der Waals surface area contributed by atoms with Gasteiger partial charge in [-0.2, -0.15) is 0 Å². The highest BCUT2D eigenvalue weighted by molar-refractivity contribution is 7.26. The second-order valence-corrected chi connectivity index (χ2v) is 16.6. The molecule has 0 N–H and O–H groups in total. The van der Waals surface area contributed by atoms with Gasteiger partial charge in [0.05, 0.1) is 11.0 Å². The maximum Gasteiger partial charge on any atom is 0.145 e. The topological polar surface area (TPSA) is 21.1 Å². The number of hydrogen-bond acceptors (Lipinski definition) is 4. The maximum absolute atomic E-state index is 5.15. The van der Waals surface area contributed by atoms with E-state index in [1.165, 1.54) is 61.9 Å². The van der Waals surface area contributed by atoms with Gasteiger partial charge in [-0.05, 0) is 131 Å². The van der Waals surface area contributed by atoms with E-state index in [0.717, 1.165) is 45.2 Å². The summed E-state index contributed by atoms with van der Waals surface area (Å²) in [6, 6.07) is 68.5. The molecule has 0 aliphatic rings. The maximum atomic E-state index is 5.15. The van der Waals surface area contributed by atoms with Gasteiger partial charge in [0.25, 0.3) is 0 Å². The molecule has 0 fully saturated rings. The van der Waals surface area contributed by atoms with Crippen LogP contribution in [0.3, 0.4) is 0 Å². The lowest BCUT2D eigenvalue weighted by atomic mass is 10.0. The van der Waals surface area contributed by atoms with Gasteiger partial charge in [0, 0.05) is 68.7 Å². The largest absolute Gasteiger partial charge is 0.310 e. The molecule has 0 spiro atoms. The van der Waals surface area contributed by atoms with Crippen LogP contribution in [0, 0.1) is 0 Å². The fraction of sp³-hybridized carbons (Fsp3) is 0. The molecule has 12 rings (SSSR count). The van der Waals surface area contributed by atoms with Crippen molar-refractivity contribution < 1.29 is 0 Å². The zero-order valence-electron chi connectivity index (χ0n) is 30.1. The molecule has 5 heteroatoms. The van der Waals surface area contributed by atoms with E-state index < -0.39 is 0 Å². The minimum atomic E-state index is 0.923. The van der Waals surface area contributed by atoms with Crippen molar-refractivity contribution in [2.45, 2.75) is 0 Å². The van der Waals surface area contributed by atoms with Gasteiger partial charge >= 0.3 is 0 Å². The van der Waals surface area contributed by atoms with Crippen molar-refractivity contribution in [3.63, 3.8) is 0 Å². The van der Waals surface area contributed by atoms with E-state index in [0.29, 0.717) is 0 Å². The first kappa shape index (κ1) is 31.5. The van der Waals surface area contributed by atoms with Crippen LogP contribution in [-0.2, 0) is 0 Å². The summed E-state index contributed by atoms with van der Waals surface area (Å²) in [4.78, 5) is 7.55. The first-order chi connectivity index (χ1) is 27.7. The SMILES string of the molecule is c1ccc(-n2c(-c3ccc(N(c4ccc5cc6c(cc5c4)sc4ccccc46)c4ccc5cc6c(cc5c4)sc4ccccc46)cc3)nc3ccccc32)cc1. The second kappa shape index (κ2) is 12.4. The third-order valence-electron chi connectivity index (χ3n) is 11.1. The molecular weight excluding hydrogens is 719 g/mol. The average molecular weight is 750 g/mol. The van der Waals surface area contributed by atoms with Crippen LogP contribution in [0.15, 0.2) is 188 Å². The zero-order chi connectivity index (χ0) is 36.7. The Hall–Kier alpha value is -6.79. The van der Waals surface area contributed by atoms with Crippen molar-refractivity contribution in [3.05, 3.63) is 188 Å². The molecule has 0 aliphatic carbocycles. The lowest BCUT2D eigenvalue weighted by Crippen LogP contribution is -2.10. The Morgan fingerprint density at radius 3 is 1.55 bits per heavy atom. The van der Waals surface area contributed by atoms with Crippen LogP contribution < -0.4 is 4.90 Å². The number of fused-ring (bicyclic) bond motifs is 9. The molecule has 0 atom stereocenters. The second-order valence-electron chi connectivity index (χ2n) is 14.4. The van der Waals surface area contributed by atoms with E-state index in [2.05, 4.69) is 198 Å². The van der Waals surface area contributed by atoms with Crippen molar-refractivity contribution in [1.29, 1.82) is 0 Å². The Balaban J connectivity index is 1.03. The fourth-order valence-corrected chi connectivity index (χ4v) is 10.7. The Morgan fingerprint density at radius 1 is 0.393 bits per heavy atom. The average Bonchev–Trinajstić information content (AvgIpc) is 3.93. The lowest BCUT2D eigenvalue weighted by molar-refractivity contribution is 1.10. The number of aromatic nitrogens is 2. The molecule has 262 valence electrons. The molecule has 0 radical (unpaired) electrons. The Morgan fingerprint density at radius 2 is 0.929 bits per heavy atom. The summed E-state index contributed by atoms with van der Waals surface area (Å²) in [7, 11) is 0. The predicted molar refractivity (Wildman–Crippen MR) is 242 cm³/mol. The summed E-state index contributed by atoms with van der Waals surface area (Å²) in [6.45, 7) is 0. The summed E-state index contributed by atoms with van der Waals surface area (Å²) < 4.78 is 7.53. The van der Waals surface area contributed by atoms with Crippen LogP contribution in [0.4, 0.5) is 17.1 Å². The van der Waals surface area contributed by atoms with E-state index in [4.69, 9.17) is 4.98 Å². The number of rotatable bonds is 5. The molecule has 56 heavy (non-hydrogen) atoms. The van der Waals surface area contributed by atoms with Crippen molar-refractivity contribution in [2.24, 2.45) is 0 Å². The first-order valence-electron chi connectivity index (χ1n) is 18.9. The molecule has 3 nitrogen and oxygen atoms in total. The fourth-order valence-electron chi connectivity index (χ4n) is 8.45. The molecule has 0 aliphatic heterocycles. The lowest BCUT2D eigenvalue weighted by Gasteiger charge is -2.26. The van der Waals surface area contributed by atoms with Gasteiger partial charge in [-0.3, -0.25) is 4.57 Å². The number of anilines is 3. The van der Waals surface area contributed by atoms with Gasteiger partial charge < -0.3 is 4.90 Å². The van der Waals surface area contributed by atoms with Crippen LogP contribution in [0.5, 0.6) is 0 Å². The number of benzene rings is 9. The van der Waals surface area contributed by atoms with E-state index in [9.17, 15) is 0 Å². The molecule has 9 aromatic carbocycles. The van der Waals surface area contributed by atoms with Gasteiger partial charge in [-0.15, -0.1) is 22.7 Å². The standard InChI is InChI=1S/C51H31N3S2/c1-2-10-37(11-3-1)54-46-15-7-6-14-45(46)52-51(54)32-18-22-38(23-19-32)53(39-24-20-33-28-43-41-12-4-8-16-47(41)55-49(43)30-35(33)26-39)40-25-21-34-29-44-42-13-5-9-17-48(42)56-50(44)31-36(34)27-40/h1-31H. The molecule has 0 amide bonds. The molecule has 0 bridgehead atoms. The van der Waals surface area contributed by atoms with Gasteiger partial charge in [-0.1, -0.05) is 78.9 Å². The summed E-state index contributed by atoms with van der Waals surface area (Å²) in [5.74, 6) is 0.923. The normalized spacial score (nSPS) is 11.9. The molecule has 3 heterocycles. The molecule has 0 saturated carbocycles. The molecular formula is C51H31N3S2. The first-order valence-corrected chi connectivity index (χ1v) is 20.5. The zero-order valence-corrected chi connectivity index (χ0v) is 31.7. The van der Waals surface area contributed by atoms with Gasteiger partial charge in [0.1, 0.15) is 5.82 Å². The summed E-state index contributed by atoms with van der Waals surface area (Å²) in [6.07, 6.45) is 0. The smallest absolute Gasteiger partial charge is 0.145 e. The molecule has 0 saturated heterocycles. The third-order valence-corrected chi connectivity index (χ3v) is 13.4. The molecule has 3 aromatic heterocycles. The summed E-state index contributed by atoms with van der Waals surface area (Å²) >= 11 is 3.73. The van der Waals surface area contributed by atoms with Crippen LogP contribution in [0.25, 0.3) is 90.0 Å². The monoisotopic (exact) mass is 749 g/mol. The number of nitrogens with zero attached hydrogens (tertiary/aromatic N) is 3. The predicted octanol–water partition coefficient (Wildman–Crippen LogP) is 15.2. The highest BCUT2D eigenvalue weighted by Crippen LogP contribution is 2.43. The van der Waals surface area contributed by atoms with E-state index >= 15 is 0 Å². The highest BCUT2D eigenvalue weighted by Gasteiger charge is 2.18. The van der Waals surface area contributed by atoms with Gasteiger partial charge in [0.2, 0.25) is 0 Å². The summed E-state index contributed by atoms with van der Waals surface area (Å²) in [5, 5.41) is 10.2. The summed E-state index contributed by atoms with van der Waals surface area (Å²) in [5.41, 5.74) is 7.53. The number of imidazole rings is 1. The molecule has 0 unspecified atom stereocenters. The highest BCUT2D eigenvalue weighted by atomic mass is 32.1. The van der Waals surface area contributed by atoms with Crippen molar-refractivity contribution in [3.8, 4) is 17.1 Å². The quantitative estimate of drug-likeness (QED) is 0.175. The van der Waals surface area contributed by atoms with Crippen LogP contribution in [-0.4, -0.2) is 9.55 Å². The Kier molecular flexibility index (Phi) is 6.97. The van der Waals surface area contributed by atoms with E-state index in [1.54, 1.807) is 0 Å². The minimum absolute atomic E-state index is 0.923. The van der Waals surface area contributed by atoms with E-state index in [1.807, 2.05) is 22.7 Å². The van der Waals surface area contributed by atoms with Crippen molar-refractivity contribution >= 4 is 113 Å². The third kappa shape index (κ3) is 4.98. The number of hydrogen-bond donors (Lipinski definition) is 0. The Labute approximate surface area is 330 Å². The van der Waals surface area contributed by atoms with Crippen LogP contribution in [0.1, 0.15) is 0 Å². The number of para-hydroxylation sites is 3. The van der Waals surface area contributed by atoms with Gasteiger partial charge in [-0.25, -0.2) is 4.98 Å². The van der Waals surface area contributed by atoms with Crippen LogP contribution in [0.2, 0.25) is 0 Å². The Bertz CT molecular complexity index is 3330. The molecule has 12 aromatic rings. The van der Waals surface area contributed by atoms with E-state index in [-0.39, 0.29) is 0 Å². The van der Waals surface area contributed by atoms with Crippen molar-refractivity contribution in [2.75, 3.05) is 4.90 Å². The van der Waals surface area contributed by atoms with Crippen molar-refractivity contribution in [1.82, 2.24) is 9.55 Å².